The van der Waals surface area contributed by atoms with E-state index in [4.69, 9.17) is 11.0 Å². The highest BCUT2D eigenvalue weighted by atomic mass is 32.2. The van der Waals surface area contributed by atoms with E-state index >= 15 is 0 Å². The fourth-order valence-electron chi connectivity index (χ4n) is 2.39. The standard InChI is InChI=1S/C19H16N4O2S/c1-13-2-3-14(15-4-7-17(11-20)22-12-15)10-19(13)23-26(24,25)18-8-5-16(21)6-9-18/h2-10,12,23H,21H2,1H3. The normalized spacial score (nSPS) is 10.9. The lowest BCUT2D eigenvalue weighted by atomic mass is 10.0. The summed E-state index contributed by atoms with van der Waals surface area (Å²) in [6, 6.07) is 16.8. The van der Waals surface area contributed by atoms with E-state index in [1.165, 1.54) is 12.1 Å². The molecule has 0 aliphatic carbocycles. The first-order valence-corrected chi connectivity index (χ1v) is 9.23. The van der Waals surface area contributed by atoms with E-state index in [0.29, 0.717) is 17.1 Å². The van der Waals surface area contributed by atoms with Gasteiger partial charge in [0.05, 0.1) is 10.6 Å². The van der Waals surface area contributed by atoms with Crippen LogP contribution >= 0.6 is 0 Å². The summed E-state index contributed by atoms with van der Waals surface area (Å²) in [5.41, 5.74) is 9.28. The number of nitrogens with two attached hydrogens (primary N) is 1. The summed E-state index contributed by atoms with van der Waals surface area (Å²) in [5.74, 6) is 0. The second-order valence-corrected chi connectivity index (χ2v) is 7.43. The second kappa shape index (κ2) is 6.86. The van der Waals surface area contributed by atoms with Gasteiger partial charge in [-0.3, -0.25) is 4.72 Å². The van der Waals surface area contributed by atoms with Crippen LogP contribution in [0.5, 0.6) is 0 Å². The second-order valence-electron chi connectivity index (χ2n) is 5.75. The molecular weight excluding hydrogens is 348 g/mol. The van der Waals surface area contributed by atoms with Crippen LogP contribution < -0.4 is 10.5 Å². The van der Waals surface area contributed by atoms with Crippen molar-refractivity contribution in [1.29, 1.82) is 5.26 Å². The SMILES string of the molecule is Cc1ccc(-c2ccc(C#N)nc2)cc1NS(=O)(=O)c1ccc(N)cc1. The van der Waals surface area contributed by atoms with Gasteiger partial charge in [0.1, 0.15) is 11.8 Å². The van der Waals surface area contributed by atoms with Crippen LogP contribution in [0.2, 0.25) is 0 Å². The third kappa shape index (κ3) is 3.66. The van der Waals surface area contributed by atoms with E-state index in [9.17, 15) is 8.42 Å². The molecule has 0 unspecified atom stereocenters. The Hall–Kier alpha value is -3.37. The van der Waals surface area contributed by atoms with Crippen molar-refractivity contribution in [3.05, 3.63) is 72.1 Å². The molecule has 6 nitrogen and oxygen atoms in total. The lowest BCUT2D eigenvalue weighted by Crippen LogP contribution is -2.13. The van der Waals surface area contributed by atoms with Crippen LogP contribution in [0.25, 0.3) is 11.1 Å². The van der Waals surface area contributed by atoms with Gasteiger partial charge in [0.2, 0.25) is 0 Å². The first-order chi connectivity index (χ1) is 12.4. The lowest BCUT2D eigenvalue weighted by Gasteiger charge is -2.12. The number of benzene rings is 2. The first kappa shape index (κ1) is 17.5. The maximum Gasteiger partial charge on any atom is 0.261 e. The number of nitrogens with zero attached hydrogens (tertiary/aromatic N) is 2. The number of aryl methyl sites for hydroxylation is 1. The summed E-state index contributed by atoms with van der Waals surface area (Å²) in [7, 11) is -3.73. The van der Waals surface area contributed by atoms with Gasteiger partial charge in [0.15, 0.2) is 0 Å². The molecule has 0 fully saturated rings. The number of hydrogen-bond acceptors (Lipinski definition) is 5. The maximum atomic E-state index is 12.6. The molecule has 130 valence electrons. The highest BCUT2D eigenvalue weighted by molar-refractivity contribution is 7.92. The smallest absolute Gasteiger partial charge is 0.261 e. The molecule has 0 aliphatic heterocycles. The van der Waals surface area contributed by atoms with Gasteiger partial charge in [0.25, 0.3) is 10.0 Å². The zero-order valence-electron chi connectivity index (χ0n) is 14.0. The summed E-state index contributed by atoms with van der Waals surface area (Å²) in [4.78, 5) is 4.18. The molecule has 3 rings (SSSR count). The summed E-state index contributed by atoms with van der Waals surface area (Å²) >= 11 is 0. The van der Waals surface area contributed by atoms with Gasteiger partial charge in [-0.25, -0.2) is 13.4 Å². The third-order valence-corrected chi connectivity index (χ3v) is 5.27. The Morgan fingerprint density at radius 3 is 2.35 bits per heavy atom. The van der Waals surface area contributed by atoms with Crippen LogP contribution in [-0.2, 0) is 10.0 Å². The number of sulfonamides is 1. The van der Waals surface area contributed by atoms with Crippen LogP contribution in [0.4, 0.5) is 11.4 Å². The molecule has 3 N–H and O–H groups in total. The predicted octanol–water partition coefficient (Wildman–Crippen LogP) is 3.31. The maximum absolute atomic E-state index is 12.6. The molecule has 0 saturated heterocycles. The minimum Gasteiger partial charge on any atom is -0.399 e. The van der Waals surface area contributed by atoms with Crippen LogP contribution in [-0.4, -0.2) is 13.4 Å². The largest absolute Gasteiger partial charge is 0.399 e. The molecule has 0 saturated carbocycles. The molecular formula is C19H16N4O2S. The average Bonchev–Trinajstić information content (AvgIpc) is 2.64. The minimum atomic E-state index is -3.73. The molecule has 0 amide bonds. The van der Waals surface area contributed by atoms with Gasteiger partial charge < -0.3 is 5.73 Å². The summed E-state index contributed by atoms with van der Waals surface area (Å²) in [6.07, 6.45) is 1.58. The topological polar surface area (TPSA) is 109 Å². The zero-order chi connectivity index (χ0) is 18.7. The number of rotatable bonds is 4. The Kier molecular flexibility index (Phi) is 4.61. The molecule has 2 aromatic carbocycles. The molecule has 0 atom stereocenters. The van der Waals surface area contributed by atoms with E-state index in [2.05, 4.69) is 9.71 Å². The van der Waals surface area contributed by atoms with Crippen LogP contribution in [0.15, 0.2) is 65.7 Å². The summed E-state index contributed by atoms with van der Waals surface area (Å²) < 4.78 is 27.8. The monoisotopic (exact) mass is 364 g/mol. The van der Waals surface area contributed by atoms with Crippen LogP contribution in [0, 0.1) is 18.3 Å². The fraction of sp³-hybridized carbons (Fsp3) is 0.0526. The van der Waals surface area contributed by atoms with E-state index in [-0.39, 0.29) is 4.90 Å². The number of aromatic nitrogens is 1. The van der Waals surface area contributed by atoms with Crippen molar-refractivity contribution in [3.8, 4) is 17.2 Å². The van der Waals surface area contributed by atoms with Crippen molar-refractivity contribution in [2.45, 2.75) is 11.8 Å². The third-order valence-electron chi connectivity index (χ3n) is 3.88. The van der Waals surface area contributed by atoms with E-state index in [1.54, 1.807) is 36.5 Å². The summed E-state index contributed by atoms with van der Waals surface area (Å²) in [6.45, 7) is 1.82. The van der Waals surface area contributed by atoms with E-state index in [0.717, 1.165) is 16.7 Å². The Bertz CT molecular complexity index is 1080. The minimum absolute atomic E-state index is 0.136. The summed E-state index contributed by atoms with van der Waals surface area (Å²) in [5, 5.41) is 8.84. The van der Waals surface area contributed by atoms with Gasteiger partial charge in [-0.2, -0.15) is 5.26 Å². The van der Waals surface area contributed by atoms with Gasteiger partial charge in [-0.15, -0.1) is 0 Å². The molecule has 26 heavy (non-hydrogen) atoms. The molecule has 0 radical (unpaired) electrons. The number of nitrogen functional groups attached to an aromatic ring is 1. The highest BCUT2D eigenvalue weighted by Crippen LogP contribution is 2.27. The Morgan fingerprint density at radius 1 is 1.04 bits per heavy atom. The van der Waals surface area contributed by atoms with E-state index in [1.807, 2.05) is 25.1 Å². The molecule has 1 heterocycles. The van der Waals surface area contributed by atoms with Crippen molar-refractivity contribution < 1.29 is 8.42 Å². The number of hydrogen-bond donors (Lipinski definition) is 2. The van der Waals surface area contributed by atoms with Crippen LogP contribution in [0.3, 0.4) is 0 Å². The Labute approximate surface area is 152 Å². The first-order valence-electron chi connectivity index (χ1n) is 7.74. The number of anilines is 2. The highest BCUT2D eigenvalue weighted by Gasteiger charge is 2.15. The average molecular weight is 364 g/mol. The van der Waals surface area contributed by atoms with Gasteiger partial charge in [0, 0.05) is 17.4 Å². The molecule has 0 spiro atoms. The molecule has 3 aromatic rings. The van der Waals surface area contributed by atoms with Crippen molar-refractivity contribution in [3.63, 3.8) is 0 Å². The number of nitrogens with one attached hydrogen (secondary N) is 1. The molecule has 0 aliphatic rings. The van der Waals surface area contributed by atoms with Gasteiger partial charge >= 0.3 is 0 Å². The Morgan fingerprint density at radius 2 is 1.73 bits per heavy atom. The van der Waals surface area contributed by atoms with Crippen molar-refractivity contribution in [1.82, 2.24) is 4.98 Å². The number of nitriles is 1. The van der Waals surface area contributed by atoms with Crippen molar-refractivity contribution in [2.75, 3.05) is 10.5 Å². The molecule has 1 aromatic heterocycles. The predicted molar refractivity (Wildman–Crippen MR) is 101 cm³/mol. The lowest BCUT2D eigenvalue weighted by molar-refractivity contribution is 0.601. The van der Waals surface area contributed by atoms with Crippen LogP contribution in [0.1, 0.15) is 11.3 Å². The quantitative estimate of drug-likeness (QED) is 0.690. The van der Waals surface area contributed by atoms with Crippen molar-refractivity contribution >= 4 is 21.4 Å². The zero-order valence-corrected chi connectivity index (χ0v) is 14.8. The number of pyridine rings is 1. The van der Waals surface area contributed by atoms with Gasteiger partial charge in [-0.05, 0) is 60.5 Å². The molecule has 0 bridgehead atoms. The fourth-order valence-corrected chi connectivity index (χ4v) is 3.51. The Balaban J connectivity index is 1.95. The van der Waals surface area contributed by atoms with E-state index < -0.39 is 10.0 Å². The molecule has 7 heteroatoms. The van der Waals surface area contributed by atoms with Gasteiger partial charge in [-0.1, -0.05) is 12.1 Å². The van der Waals surface area contributed by atoms with Crippen molar-refractivity contribution in [2.24, 2.45) is 0 Å².